The zero-order valence-electron chi connectivity index (χ0n) is 29.1. The molecule has 25 heteroatoms. The van der Waals surface area contributed by atoms with Gasteiger partial charge in [0.05, 0.1) is 14.2 Å². The van der Waals surface area contributed by atoms with Gasteiger partial charge in [-0.15, -0.1) is 6.58 Å². The van der Waals surface area contributed by atoms with Crippen LogP contribution in [0, 0.1) is 0 Å². The molecule has 3 amide bonds. The molecule has 0 rings (SSSR count). The monoisotopic (exact) mass is 835 g/mol. The first kappa shape index (κ1) is 50.3. The van der Waals surface area contributed by atoms with Crippen molar-refractivity contribution in [1.29, 1.82) is 0 Å². The Labute approximate surface area is 303 Å². The van der Waals surface area contributed by atoms with Gasteiger partial charge in [-0.2, -0.15) is 68.8 Å². The van der Waals surface area contributed by atoms with Crippen molar-refractivity contribution in [2.24, 2.45) is 0 Å². The summed E-state index contributed by atoms with van der Waals surface area (Å²) in [6.07, 6.45) is -13.1. The maximum atomic E-state index is 14.5. The molecule has 0 saturated heterocycles. The molecule has 0 aliphatic carbocycles. The van der Waals surface area contributed by atoms with E-state index in [2.05, 4.69) is 26.7 Å². The number of hydrogen-bond donors (Lipinski definition) is 3. The van der Waals surface area contributed by atoms with Crippen molar-refractivity contribution in [3.05, 3.63) is 12.7 Å². The third kappa shape index (κ3) is 13.3. The molecule has 0 aromatic heterocycles. The summed E-state index contributed by atoms with van der Waals surface area (Å²) in [5, 5.41) is 4.90. The number of carbonyl (C=O) groups excluding carboxylic acids is 5. The average Bonchev–Trinajstić information content (AvgIpc) is 3.03. The fourth-order valence-electron chi connectivity index (χ4n) is 3.91. The molecule has 0 fully saturated rings. The highest BCUT2D eigenvalue weighted by atomic mass is 32.2. The van der Waals surface area contributed by atoms with Gasteiger partial charge in [0, 0.05) is 23.8 Å². The Morgan fingerprint density at radius 1 is 0.741 bits per heavy atom. The quantitative estimate of drug-likeness (QED) is 0.0565. The van der Waals surface area contributed by atoms with Crippen LogP contribution in [0.4, 0.5) is 61.9 Å². The van der Waals surface area contributed by atoms with Crippen molar-refractivity contribution < 1.29 is 95.3 Å². The molecule has 314 valence electrons. The van der Waals surface area contributed by atoms with Crippen LogP contribution in [0.3, 0.4) is 0 Å². The molecule has 0 aromatic carbocycles. The lowest BCUT2D eigenvalue weighted by Gasteiger charge is -2.40. The van der Waals surface area contributed by atoms with Gasteiger partial charge in [-0.1, -0.05) is 6.08 Å². The summed E-state index contributed by atoms with van der Waals surface area (Å²) < 4.78 is 190. The summed E-state index contributed by atoms with van der Waals surface area (Å²) in [6, 6.07) is -3.20. The zero-order valence-corrected chi connectivity index (χ0v) is 29.9. The number of allylic oxidation sites excluding steroid dienone is 1. The Kier molecular flexibility index (Phi) is 18.0. The van der Waals surface area contributed by atoms with E-state index in [4.69, 9.17) is 4.74 Å². The van der Waals surface area contributed by atoms with Crippen LogP contribution >= 0.6 is 11.8 Å². The van der Waals surface area contributed by atoms with E-state index in [1.165, 1.54) is 20.8 Å². The molecule has 54 heavy (non-hydrogen) atoms. The predicted molar refractivity (Wildman–Crippen MR) is 162 cm³/mol. The van der Waals surface area contributed by atoms with Crippen LogP contribution in [0.25, 0.3) is 0 Å². The first-order chi connectivity index (χ1) is 24.3. The molecular formula is C29H38F13N3O8S. The van der Waals surface area contributed by atoms with Crippen molar-refractivity contribution in [3.63, 3.8) is 0 Å². The molecule has 11 nitrogen and oxygen atoms in total. The van der Waals surface area contributed by atoms with Gasteiger partial charge in [0.15, 0.2) is 0 Å². The second kappa shape index (κ2) is 19.3. The average molecular weight is 836 g/mol. The van der Waals surface area contributed by atoms with Gasteiger partial charge in [0.25, 0.3) is 0 Å². The number of rotatable bonds is 21. The number of thioether (sulfide) groups is 1. The molecule has 0 aliphatic heterocycles. The maximum absolute atomic E-state index is 14.5. The minimum atomic E-state index is -8.05. The second-order valence-electron chi connectivity index (χ2n) is 12.2. The van der Waals surface area contributed by atoms with Gasteiger partial charge in [-0.05, 0) is 40.0 Å². The summed E-state index contributed by atoms with van der Waals surface area (Å²) >= 11 is 0.390. The van der Waals surface area contributed by atoms with Crippen molar-refractivity contribution in [2.45, 2.75) is 112 Å². The molecule has 0 aromatic rings. The largest absolute Gasteiger partial charge is 0.468 e. The van der Waals surface area contributed by atoms with E-state index in [-0.39, 0.29) is 0 Å². The molecule has 3 atom stereocenters. The van der Waals surface area contributed by atoms with E-state index in [9.17, 15) is 81.0 Å². The second-order valence-corrected chi connectivity index (χ2v) is 13.5. The van der Waals surface area contributed by atoms with Crippen LogP contribution in [0.5, 0.6) is 0 Å². The van der Waals surface area contributed by atoms with Gasteiger partial charge >= 0.3 is 53.8 Å². The van der Waals surface area contributed by atoms with E-state index in [0.29, 0.717) is 11.8 Å². The lowest BCUT2D eigenvalue weighted by Crippen LogP contribution is -2.70. The highest BCUT2D eigenvalue weighted by molar-refractivity contribution is 8.00. The van der Waals surface area contributed by atoms with E-state index < -0.39 is 133 Å². The molecule has 0 spiro atoms. The number of ether oxygens (including phenoxy) is 3. The number of carbonyl (C=O) groups is 5. The standard InChI is InChI=1S/C29H38F13N3O8S/c1-7-8-15(11-12-24(30,31)25(32,33)26(34,35)27(36,37)28(38,39)29(40,41)42)54-14-17(20(48)43-13-19(47)51-5)44-18(46)10-9-16(21(49)52-6)45-22(50)53-23(2,3)4/h7,15-17H,1,8-14H2,2-6H3,(H,43,48)(H,44,46)(H,45,50)/t15?,16-,17-/m0/s1. The Balaban J connectivity index is 6.10. The molecular weight excluding hydrogens is 797 g/mol. The number of hydrogen-bond acceptors (Lipinski definition) is 9. The summed E-state index contributed by atoms with van der Waals surface area (Å²) in [4.78, 5) is 61.4. The van der Waals surface area contributed by atoms with Crippen molar-refractivity contribution in [1.82, 2.24) is 16.0 Å². The van der Waals surface area contributed by atoms with E-state index in [0.717, 1.165) is 20.3 Å². The summed E-state index contributed by atoms with van der Waals surface area (Å²) in [7, 11) is 1.89. The highest BCUT2D eigenvalue weighted by Gasteiger charge is 2.90. The number of alkyl halides is 13. The molecule has 3 N–H and O–H groups in total. The number of amides is 3. The van der Waals surface area contributed by atoms with Gasteiger partial charge in [-0.25, -0.2) is 9.59 Å². The lowest BCUT2D eigenvalue weighted by molar-refractivity contribution is -0.440. The van der Waals surface area contributed by atoms with Crippen molar-refractivity contribution in [3.8, 4) is 0 Å². The van der Waals surface area contributed by atoms with Crippen LogP contribution in [-0.2, 0) is 33.4 Å². The lowest BCUT2D eigenvalue weighted by atomic mass is 9.91. The van der Waals surface area contributed by atoms with E-state index >= 15 is 0 Å². The van der Waals surface area contributed by atoms with Gasteiger partial charge in [0.2, 0.25) is 11.8 Å². The van der Waals surface area contributed by atoms with Crippen LogP contribution < -0.4 is 16.0 Å². The fraction of sp³-hybridized carbons (Fsp3) is 0.759. The molecule has 0 radical (unpaired) electrons. The van der Waals surface area contributed by atoms with Gasteiger partial charge < -0.3 is 30.2 Å². The fourth-order valence-corrected chi connectivity index (χ4v) is 5.17. The molecule has 0 bridgehead atoms. The van der Waals surface area contributed by atoms with Crippen molar-refractivity contribution in [2.75, 3.05) is 26.5 Å². The number of alkyl carbamates (subject to hydrolysis) is 1. The Morgan fingerprint density at radius 3 is 1.74 bits per heavy atom. The summed E-state index contributed by atoms with van der Waals surface area (Å²) in [5.74, 6) is -42.6. The summed E-state index contributed by atoms with van der Waals surface area (Å²) in [6.45, 7) is 6.97. The van der Waals surface area contributed by atoms with Crippen LogP contribution in [0.2, 0.25) is 0 Å². The molecule has 0 saturated carbocycles. The Bertz CT molecular complexity index is 1330. The molecule has 0 heterocycles. The number of nitrogens with one attached hydrogen (secondary N) is 3. The van der Waals surface area contributed by atoms with Crippen LogP contribution in [-0.4, -0.2) is 115 Å². The zero-order chi connectivity index (χ0) is 42.7. The first-order valence-electron chi connectivity index (χ1n) is 15.2. The normalized spacial score (nSPS) is 14.9. The van der Waals surface area contributed by atoms with Crippen LogP contribution in [0.15, 0.2) is 12.7 Å². The maximum Gasteiger partial charge on any atom is 0.460 e. The summed E-state index contributed by atoms with van der Waals surface area (Å²) in [5.41, 5.74) is -1.00. The van der Waals surface area contributed by atoms with E-state index in [1.54, 1.807) is 0 Å². The van der Waals surface area contributed by atoms with E-state index in [1.807, 2.05) is 5.32 Å². The SMILES string of the molecule is C=CCC(CCC(F)(F)C(F)(F)C(F)(F)C(F)(F)C(F)(F)C(F)(F)F)SC[C@H](NC(=O)CC[C@H](NC(=O)OC(C)(C)C)C(=O)OC)C(=O)NCC(=O)OC. The first-order valence-corrected chi connectivity index (χ1v) is 16.2. The van der Waals surface area contributed by atoms with Crippen molar-refractivity contribution >= 4 is 41.6 Å². The third-order valence-electron chi connectivity index (χ3n) is 6.83. The molecule has 0 aliphatic rings. The number of esters is 2. The minimum Gasteiger partial charge on any atom is -0.468 e. The minimum absolute atomic E-state index is 0.390. The molecule has 1 unspecified atom stereocenters. The topological polar surface area (TPSA) is 149 Å². The smallest absolute Gasteiger partial charge is 0.460 e. The third-order valence-corrected chi connectivity index (χ3v) is 8.26. The van der Waals surface area contributed by atoms with Crippen LogP contribution in [0.1, 0.15) is 52.9 Å². The number of methoxy groups -OCH3 is 2. The Hall–Kier alpha value is -3.67. The predicted octanol–water partition coefficient (Wildman–Crippen LogP) is 5.80. The highest BCUT2D eigenvalue weighted by Crippen LogP contribution is 2.60. The van der Waals surface area contributed by atoms with Gasteiger partial charge in [-0.3, -0.25) is 14.4 Å². The van der Waals surface area contributed by atoms with Gasteiger partial charge in [0.1, 0.15) is 24.2 Å². The Morgan fingerprint density at radius 2 is 1.28 bits per heavy atom. The number of halogens is 13.